The van der Waals surface area contributed by atoms with Gasteiger partial charge in [-0.1, -0.05) is 18.2 Å². The average Bonchev–Trinajstić information content (AvgIpc) is 3.04. The Labute approximate surface area is 174 Å². The molecule has 0 unspecified atom stereocenters. The van der Waals surface area contributed by atoms with Crippen LogP contribution in [0, 0.1) is 0 Å². The number of rotatable bonds is 4. The van der Waals surface area contributed by atoms with E-state index in [0.29, 0.717) is 44.0 Å². The second kappa shape index (κ2) is 9.84. The SMILES string of the molecule is CC(=O)N1CCCN(C(=O)N(Cc2ccc(C(=O)NO)cc2)c2ccccn2)CC1. The molecule has 2 heterocycles. The molecule has 30 heavy (non-hydrogen) atoms. The number of nitrogens with one attached hydrogen (secondary N) is 1. The molecule has 2 N–H and O–H groups in total. The third kappa shape index (κ3) is 5.12. The molecule has 4 amide bonds. The zero-order valence-corrected chi connectivity index (χ0v) is 16.8. The van der Waals surface area contributed by atoms with Crippen molar-refractivity contribution < 1.29 is 19.6 Å². The van der Waals surface area contributed by atoms with Gasteiger partial charge >= 0.3 is 6.03 Å². The number of hydrogen-bond acceptors (Lipinski definition) is 5. The van der Waals surface area contributed by atoms with Gasteiger partial charge in [0.1, 0.15) is 5.82 Å². The Hall–Kier alpha value is -3.46. The Balaban J connectivity index is 1.80. The summed E-state index contributed by atoms with van der Waals surface area (Å²) in [5, 5.41) is 8.75. The van der Waals surface area contributed by atoms with E-state index in [-0.39, 0.29) is 18.5 Å². The molecular weight excluding hydrogens is 386 g/mol. The van der Waals surface area contributed by atoms with Gasteiger partial charge in [0.25, 0.3) is 5.91 Å². The number of benzene rings is 1. The lowest BCUT2D eigenvalue weighted by Gasteiger charge is -2.29. The zero-order chi connectivity index (χ0) is 21.5. The lowest BCUT2D eigenvalue weighted by molar-refractivity contribution is -0.128. The maximum Gasteiger partial charge on any atom is 0.326 e. The van der Waals surface area contributed by atoms with Crippen LogP contribution in [-0.2, 0) is 11.3 Å². The highest BCUT2D eigenvalue weighted by molar-refractivity contribution is 5.93. The number of aromatic nitrogens is 1. The van der Waals surface area contributed by atoms with Gasteiger partial charge in [-0.3, -0.25) is 19.7 Å². The van der Waals surface area contributed by atoms with E-state index in [0.717, 1.165) is 5.56 Å². The van der Waals surface area contributed by atoms with Gasteiger partial charge in [-0.25, -0.2) is 15.3 Å². The van der Waals surface area contributed by atoms with Crippen LogP contribution in [0.2, 0.25) is 0 Å². The molecule has 158 valence electrons. The number of hydroxylamine groups is 1. The summed E-state index contributed by atoms with van der Waals surface area (Å²) in [4.78, 5) is 46.0. The maximum absolute atomic E-state index is 13.4. The van der Waals surface area contributed by atoms with Crippen molar-refractivity contribution in [2.45, 2.75) is 19.9 Å². The molecule has 0 atom stereocenters. The molecule has 1 aromatic carbocycles. The first kappa shape index (κ1) is 21.3. The average molecular weight is 411 g/mol. The number of amides is 4. The first-order valence-electron chi connectivity index (χ1n) is 9.76. The quantitative estimate of drug-likeness (QED) is 0.590. The van der Waals surface area contributed by atoms with Gasteiger partial charge < -0.3 is 9.80 Å². The number of carbonyl (C=O) groups excluding carboxylic acids is 3. The van der Waals surface area contributed by atoms with Crippen LogP contribution in [0.5, 0.6) is 0 Å². The summed E-state index contributed by atoms with van der Waals surface area (Å²) in [7, 11) is 0. The summed E-state index contributed by atoms with van der Waals surface area (Å²) in [6, 6.07) is 11.8. The molecule has 0 saturated carbocycles. The van der Waals surface area contributed by atoms with Crippen LogP contribution in [0.4, 0.5) is 10.6 Å². The molecule has 1 fully saturated rings. The largest absolute Gasteiger partial charge is 0.341 e. The second-order valence-electron chi connectivity index (χ2n) is 7.04. The van der Waals surface area contributed by atoms with Crippen molar-refractivity contribution in [2.75, 3.05) is 31.1 Å². The summed E-state index contributed by atoms with van der Waals surface area (Å²) >= 11 is 0. The van der Waals surface area contributed by atoms with E-state index in [2.05, 4.69) is 4.98 Å². The van der Waals surface area contributed by atoms with Gasteiger partial charge in [-0.2, -0.15) is 0 Å². The Bertz CT molecular complexity index is 888. The number of nitrogens with zero attached hydrogens (tertiary/aromatic N) is 4. The summed E-state index contributed by atoms with van der Waals surface area (Å²) in [5.41, 5.74) is 2.72. The predicted molar refractivity (Wildman–Crippen MR) is 110 cm³/mol. The van der Waals surface area contributed by atoms with Gasteiger partial charge in [0.15, 0.2) is 0 Å². The van der Waals surface area contributed by atoms with E-state index >= 15 is 0 Å². The Morgan fingerprint density at radius 3 is 2.37 bits per heavy atom. The van der Waals surface area contributed by atoms with E-state index in [1.165, 1.54) is 0 Å². The number of urea groups is 1. The van der Waals surface area contributed by atoms with Crippen molar-refractivity contribution in [3.63, 3.8) is 0 Å². The number of hydrogen-bond donors (Lipinski definition) is 2. The smallest absolute Gasteiger partial charge is 0.326 e. The molecule has 0 aliphatic carbocycles. The van der Waals surface area contributed by atoms with Crippen LogP contribution in [0.15, 0.2) is 48.7 Å². The molecule has 1 aliphatic heterocycles. The van der Waals surface area contributed by atoms with Crippen LogP contribution in [0.3, 0.4) is 0 Å². The fourth-order valence-corrected chi connectivity index (χ4v) is 3.36. The highest BCUT2D eigenvalue weighted by Crippen LogP contribution is 2.18. The van der Waals surface area contributed by atoms with Crippen molar-refractivity contribution >= 4 is 23.7 Å². The van der Waals surface area contributed by atoms with Gasteiger partial charge in [0.05, 0.1) is 6.54 Å². The predicted octanol–water partition coefficient (Wildman–Crippen LogP) is 1.88. The zero-order valence-electron chi connectivity index (χ0n) is 16.8. The van der Waals surface area contributed by atoms with Crippen molar-refractivity contribution in [3.05, 3.63) is 59.8 Å². The molecule has 1 aromatic heterocycles. The van der Waals surface area contributed by atoms with Gasteiger partial charge in [0, 0.05) is 44.9 Å². The molecule has 0 bridgehead atoms. The molecule has 0 radical (unpaired) electrons. The van der Waals surface area contributed by atoms with Crippen LogP contribution < -0.4 is 10.4 Å². The minimum Gasteiger partial charge on any atom is -0.341 e. The van der Waals surface area contributed by atoms with Crippen LogP contribution in [0.1, 0.15) is 29.3 Å². The first-order chi connectivity index (χ1) is 14.5. The van der Waals surface area contributed by atoms with Crippen molar-refractivity contribution in [1.82, 2.24) is 20.3 Å². The number of anilines is 1. The summed E-state index contributed by atoms with van der Waals surface area (Å²) in [6.07, 6.45) is 2.34. The van der Waals surface area contributed by atoms with E-state index < -0.39 is 5.91 Å². The van der Waals surface area contributed by atoms with E-state index in [1.54, 1.807) is 69.7 Å². The molecule has 1 aliphatic rings. The van der Waals surface area contributed by atoms with Crippen LogP contribution in [0.25, 0.3) is 0 Å². The molecule has 3 rings (SSSR count). The number of pyridine rings is 1. The van der Waals surface area contributed by atoms with E-state index in [4.69, 9.17) is 5.21 Å². The van der Waals surface area contributed by atoms with Crippen molar-refractivity contribution in [1.29, 1.82) is 0 Å². The summed E-state index contributed by atoms with van der Waals surface area (Å²) in [5.74, 6) is -0.0657. The maximum atomic E-state index is 13.4. The normalized spacial score (nSPS) is 14.1. The first-order valence-corrected chi connectivity index (χ1v) is 9.76. The highest BCUT2D eigenvalue weighted by Gasteiger charge is 2.26. The Kier molecular flexibility index (Phi) is 6.97. The lowest BCUT2D eigenvalue weighted by atomic mass is 10.1. The fraction of sp³-hybridized carbons (Fsp3) is 0.333. The van der Waals surface area contributed by atoms with Gasteiger partial charge in [0.2, 0.25) is 5.91 Å². The third-order valence-electron chi connectivity index (χ3n) is 5.03. The van der Waals surface area contributed by atoms with Crippen LogP contribution >= 0.6 is 0 Å². The minimum atomic E-state index is -0.598. The lowest BCUT2D eigenvalue weighted by Crippen LogP contribution is -2.45. The molecule has 0 spiro atoms. The number of carbonyl (C=O) groups is 3. The molecule has 9 nitrogen and oxygen atoms in total. The fourth-order valence-electron chi connectivity index (χ4n) is 3.36. The Morgan fingerprint density at radius 1 is 1.03 bits per heavy atom. The van der Waals surface area contributed by atoms with E-state index in [1.807, 2.05) is 6.07 Å². The molecular formula is C21H25N5O4. The van der Waals surface area contributed by atoms with Crippen molar-refractivity contribution in [3.8, 4) is 0 Å². The summed E-state index contributed by atoms with van der Waals surface area (Å²) in [6.45, 7) is 3.96. The van der Waals surface area contributed by atoms with Gasteiger partial charge in [-0.05, 0) is 36.2 Å². The molecule has 9 heteroatoms. The van der Waals surface area contributed by atoms with Crippen molar-refractivity contribution in [2.24, 2.45) is 0 Å². The standard InChI is InChI=1S/C21H25N5O4/c1-16(27)24-11-4-12-25(14-13-24)21(29)26(19-5-2-3-10-22-19)15-17-6-8-18(9-7-17)20(28)23-30/h2-3,5-10,30H,4,11-15H2,1H3,(H,23,28). The highest BCUT2D eigenvalue weighted by atomic mass is 16.5. The monoisotopic (exact) mass is 411 g/mol. The van der Waals surface area contributed by atoms with Gasteiger partial charge in [-0.15, -0.1) is 0 Å². The minimum absolute atomic E-state index is 0.0119. The topological polar surface area (TPSA) is 106 Å². The molecule has 1 saturated heterocycles. The third-order valence-corrected chi connectivity index (χ3v) is 5.03. The molecule has 2 aromatic rings. The van der Waals surface area contributed by atoms with E-state index in [9.17, 15) is 14.4 Å². The Morgan fingerprint density at radius 2 is 1.73 bits per heavy atom. The second-order valence-corrected chi connectivity index (χ2v) is 7.04. The van der Waals surface area contributed by atoms with Crippen LogP contribution in [-0.4, -0.2) is 64.0 Å². The summed E-state index contributed by atoms with van der Waals surface area (Å²) < 4.78 is 0.